The predicted molar refractivity (Wildman–Crippen MR) is 65.0 cm³/mol. The fraction of sp³-hybridized carbons (Fsp3) is 0. The number of nitrogens with zero attached hydrogens (tertiary/aromatic N) is 2. The maximum absolute atomic E-state index is 5.57. The van der Waals surface area contributed by atoms with Gasteiger partial charge in [0.15, 0.2) is 0 Å². The van der Waals surface area contributed by atoms with E-state index in [-0.39, 0.29) is 0 Å². The van der Waals surface area contributed by atoms with Gasteiger partial charge >= 0.3 is 0 Å². The standard InChI is InChI=1S/C12H13N3/c1-2-14-9-12(13)10-15-8-11-6-4-3-5-7-11/h2-10H,1,13H2/b12-10+,14-9-,15-8+. The summed E-state index contributed by atoms with van der Waals surface area (Å²) >= 11 is 0. The van der Waals surface area contributed by atoms with E-state index in [4.69, 9.17) is 5.73 Å². The van der Waals surface area contributed by atoms with E-state index in [1.54, 1.807) is 12.4 Å². The Hall–Kier alpha value is -2.16. The average Bonchev–Trinajstić information content (AvgIpc) is 2.28. The smallest absolute Gasteiger partial charge is 0.0685 e. The van der Waals surface area contributed by atoms with Gasteiger partial charge < -0.3 is 5.73 Å². The highest BCUT2D eigenvalue weighted by Crippen LogP contribution is 1.94. The van der Waals surface area contributed by atoms with Crippen molar-refractivity contribution < 1.29 is 0 Å². The molecule has 2 N–H and O–H groups in total. The average molecular weight is 199 g/mol. The number of allylic oxidation sites excluding steroid dienone is 1. The lowest BCUT2D eigenvalue weighted by molar-refractivity contribution is 1.41. The van der Waals surface area contributed by atoms with E-state index in [9.17, 15) is 0 Å². The van der Waals surface area contributed by atoms with E-state index in [2.05, 4.69) is 16.6 Å². The number of hydrogen-bond donors (Lipinski definition) is 1. The first-order chi connectivity index (χ1) is 7.33. The van der Waals surface area contributed by atoms with Gasteiger partial charge in [0, 0.05) is 12.4 Å². The maximum Gasteiger partial charge on any atom is 0.0685 e. The first kappa shape index (κ1) is 10.9. The molecule has 0 spiro atoms. The fourth-order valence-corrected chi connectivity index (χ4v) is 0.921. The normalized spacial score (nSPS) is 12.4. The molecule has 0 fully saturated rings. The highest BCUT2D eigenvalue weighted by molar-refractivity contribution is 5.81. The van der Waals surface area contributed by atoms with E-state index in [0.717, 1.165) is 5.56 Å². The number of benzene rings is 1. The minimum atomic E-state index is 0.488. The molecular formula is C12H13N3. The van der Waals surface area contributed by atoms with Crippen LogP contribution >= 0.6 is 0 Å². The molecule has 0 bridgehead atoms. The van der Waals surface area contributed by atoms with Crippen LogP contribution in [0.2, 0.25) is 0 Å². The van der Waals surface area contributed by atoms with Crippen LogP contribution in [-0.2, 0) is 0 Å². The topological polar surface area (TPSA) is 50.7 Å². The lowest BCUT2D eigenvalue weighted by atomic mass is 10.2. The van der Waals surface area contributed by atoms with Crippen LogP contribution in [0.25, 0.3) is 0 Å². The molecule has 0 aromatic heterocycles. The molecule has 1 aromatic rings. The molecule has 0 aliphatic carbocycles. The molecule has 0 radical (unpaired) electrons. The van der Waals surface area contributed by atoms with Gasteiger partial charge in [0.05, 0.1) is 18.1 Å². The number of nitrogens with two attached hydrogens (primary N) is 1. The summed E-state index contributed by atoms with van der Waals surface area (Å²) in [5, 5.41) is 0. The summed E-state index contributed by atoms with van der Waals surface area (Å²) in [7, 11) is 0. The molecule has 1 aromatic carbocycles. The van der Waals surface area contributed by atoms with Crippen LogP contribution in [-0.4, -0.2) is 12.4 Å². The third-order valence-corrected chi connectivity index (χ3v) is 1.58. The zero-order valence-corrected chi connectivity index (χ0v) is 8.38. The summed E-state index contributed by atoms with van der Waals surface area (Å²) < 4.78 is 0. The van der Waals surface area contributed by atoms with Gasteiger partial charge in [-0.15, -0.1) is 0 Å². The fourth-order valence-electron chi connectivity index (χ4n) is 0.921. The first-order valence-corrected chi connectivity index (χ1v) is 4.51. The van der Waals surface area contributed by atoms with Crippen LogP contribution in [0, 0.1) is 0 Å². The Morgan fingerprint density at radius 1 is 1.20 bits per heavy atom. The predicted octanol–water partition coefficient (Wildman–Crippen LogP) is 2.12. The minimum absolute atomic E-state index is 0.488. The Morgan fingerprint density at radius 2 is 1.93 bits per heavy atom. The third-order valence-electron chi connectivity index (χ3n) is 1.58. The summed E-state index contributed by atoms with van der Waals surface area (Å²) in [5.74, 6) is 0. The van der Waals surface area contributed by atoms with Gasteiger partial charge in [-0.25, -0.2) is 0 Å². The second-order valence-corrected chi connectivity index (χ2v) is 2.78. The van der Waals surface area contributed by atoms with Gasteiger partial charge in [0.25, 0.3) is 0 Å². The van der Waals surface area contributed by atoms with Gasteiger partial charge in [-0.2, -0.15) is 0 Å². The van der Waals surface area contributed by atoms with Crippen LogP contribution in [0.1, 0.15) is 5.56 Å². The molecule has 0 saturated heterocycles. The van der Waals surface area contributed by atoms with Crippen LogP contribution in [0.3, 0.4) is 0 Å². The Balaban J connectivity index is 2.59. The molecule has 0 saturated carbocycles. The van der Waals surface area contributed by atoms with E-state index >= 15 is 0 Å². The van der Waals surface area contributed by atoms with Crippen molar-refractivity contribution in [2.45, 2.75) is 0 Å². The summed E-state index contributed by atoms with van der Waals surface area (Å²) in [6.45, 7) is 3.44. The molecule has 0 atom stereocenters. The van der Waals surface area contributed by atoms with E-state index in [1.165, 1.54) is 12.4 Å². The van der Waals surface area contributed by atoms with Crippen LogP contribution in [0.5, 0.6) is 0 Å². The first-order valence-electron chi connectivity index (χ1n) is 4.51. The molecule has 0 heterocycles. The lowest BCUT2D eigenvalue weighted by Crippen LogP contribution is -1.96. The third kappa shape index (κ3) is 4.57. The zero-order valence-electron chi connectivity index (χ0n) is 8.38. The van der Waals surface area contributed by atoms with Crippen LogP contribution in [0.4, 0.5) is 0 Å². The molecule has 0 amide bonds. The van der Waals surface area contributed by atoms with Crippen molar-refractivity contribution in [2.75, 3.05) is 0 Å². The highest BCUT2D eigenvalue weighted by atomic mass is 14.8. The van der Waals surface area contributed by atoms with E-state index in [0.29, 0.717) is 5.70 Å². The molecule has 0 aliphatic rings. The lowest BCUT2D eigenvalue weighted by Gasteiger charge is -1.89. The zero-order chi connectivity index (χ0) is 10.9. The second-order valence-electron chi connectivity index (χ2n) is 2.78. The molecular weight excluding hydrogens is 186 g/mol. The van der Waals surface area contributed by atoms with E-state index < -0.39 is 0 Å². The van der Waals surface area contributed by atoms with Gasteiger partial charge in [-0.05, 0) is 5.56 Å². The Morgan fingerprint density at radius 3 is 2.60 bits per heavy atom. The van der Waals surface area contributed by atoms with Gasteiger partial charge in [0.2, 0.25) is 0 Å². The number of rotatable bonds is 4. The van der Waals surface area contributed by atoms with Crippen molar-refractivity contribution in [3.63, 3.8) is 0 Å². The quantitative estimate of drug-likeness (QED) is 0.742. The van der Waals surface area contributed by atoms with Crippen molar-refractivity contribution in [3.8, 4) is 0 Å². The minimum Gasteiger partial charge on any atom is -0.396 e. The van der Waals surface area contributed by atoms with Gasteiger partial charge in [0.1, 0.15) is 0 Å². The van der Waals surface area contributed by atoms with Gasteiger partial charge in [-0.1, -0.05) is 36.9 Å². The van der Waals surface area contributed by atoms with Crippen LogP contribution < -0.4 is 5.73 Å². The molecule has 1 rings (SSSR count). The van der Waals surface area contributed by atoms with Crippen LogP contribution in [0.15, 0.2) is 65.0 Å². The monoisotopic (exact) mass is 199 g/mol. The van der Waals surface area contributed by atoms with Crippen molar-refractivity contribution in [1.29, 1.82) is 0 Å². The van der Waals surface area contributed by atoms with Crippen molar-refractivity contribution in [1.82, 2.24) is 0 Å². The maximum atomic E-state index is 5.57. The van der Waals surface area contributed by atoms with Gasteiger partial charge in [-0.3, -0.25) is 9.98 Å². The second kappa shape index (κ2) is 6.32. The SMILES string of the molecule is C=C\N=C/C(N)=C\N=C\c1ccccc1. The Labute approximate surface area is 89.4 Å². The molecule has 76 valence electrons. The van der Waals surface area contributed by atoms with Crippen molar-refractivity contribution in [2.24, 2.45) is 15.7 Å². The molecule has 3 heteroatoms. The highest BCUT2D eigenvalue weighted by Gasteiger charge is 1.82. The Bertz CT molecular complexity index is 389. The molecule has 15 heavy (non-hydrogen) atoms. The largest absolute Gasteiger partial charge is 0.396 e. The summed E-state index contributed by atoms with van der Waals surface area (Å²) in [6, 6.07) is 9.79. The summed E-state index contributed by atoms with van der Waals surface area (Å²) in [5.41, 5.74) is 7.09. The van der Waals surface area contributed by atoms with Crippen molar-refractivity contribution in [3.05, 3.63) is 60.6 Å². The number of hydrogen-bond acceptors (Lipinski definition) is 3. The summed E-state index contributed by atoms with van der Waals surface area (Å²) in [6.07, 6.45) is 6.19. The molecule has 0 unspecified atom stereocenters. The molecule has 0 aliphatic heterocycles. The van der Waals surface area contributed by atoms with Crippen molar-refractivity contribution >= 4 is 12.4 Å². The summed E-state index contributed by atoms with van der Waals surface area (Å²) in [4.78, 5) is 7.83. The number of aliphatic imine (C=N–C) groups is 2. The molecule has 3 nitrogen and oxygen atoms in total. The Kier molecular flexibility index (Phi) is 4.60. The van der Waals surface area contributed by atoms with E-state index in [1.807, 2.05) is 30.3 Å².